The van der Waals surface area contributed by atoms with Gasteiger partial charge >= 0.3 is 6.03 Å². The van der Waals surface area contributed by atoms with E-state index in [1.807, 2.05) is 0 Å². The monoisotopic (exact) mass is 267 g/mol. The van der Waals surface area contributed by atoms with Gasteiger partial charge in [-0.2, -0.15) is 0 Å². The van der Waals surface area contributed by atoms with Gasteiger partial charge in [0.25, 0.3) is 0 Å². The number of rotatable bonds is 4. The second-order valence-electron chi connectivity index (χ2n) is 6.80. The number of nitrogens with zero attached hydrogens (tertiary/aromatic N) is 2. The van der Waals surface area contributed by atoms with Gasteiger partial charge in [-0.05, 0) is 31.2 Å². The second kappa shape index (κ2) is 5.49. The number of carbonyl (C=O) groups excluding carboxylic acids is 2. The first kappa shape index (κ1) is 14.3. The molecule has 5 nitrogen and oxygen atoms in total. The molecule has 5 heteroatoms. The molecule has 2 fully saturated rings. The minimum absolute atomic E-state index is 0.100. The molecule has 0 bridgehead atoms. The van der Waals surface area contributed by atoms with Gasteiger partial charge in [-0.3, -0.25) is 14.6 Å². The molecule has 19 heavy (non-hydrogen) atoms. The van der Waals surface area contributed by atoms with Crippen LogP contribution in [0, 0.1) is 5.41 Å². The van der Waals surface area contributed by atoms with Gasteiger partial charge in [-0.1, -0.05) is 20.8 Å². The van der Waals surface area contributed by atoms with Crippen molar-refractivity contribution in [2.45, 2.75) is 46.1 Å². The fraction of sp³-hybridized carbons (Fsp3) is 0.857. The van der Waals surface area contributed by atoms with Crippen LogP contribution in [0.4, 0.5) is 4.79 Å². The highest BCUT2D eigenvalue weighted by atomic mass is 16.2. The van der Waals surface area contributed by atoms with Gasteiger partial charge in [-0.15, -0.1) is 0 Å². The second-order valence-corrected chi connectivity index (χ2v) is 6.80. The van der Waals surface area contributed by atoms with E-state index in [1.54, 1.807) is 0 Å². The summed E-state index contributed by atoms with van der Waals surface area (Å²) in [5, 5.41) is 2.56. The fourth-order valence-electron chi connectivity index (χ4n) is 3.04. The topological polar surface area (TPSA) is 52.6 Å². The smallest absolute Gasteiger partial charge is 0.324 e. The largest absolute Gasteiger partial charge is 0.329 e. The van der Waals surface area contributed by atoms with Gasteiger partial charge in [0.2, 0.25) is 5.91 Å². The van der Waals surface area contributed by atoms with Crippen molar-refractivity contribution in [3.63, 3.8) is 0 Å². The lowest BCUT2D eigenvalue weighted by molar-refractivity contribution is -0.125. The number of urea groups is 1. The van der Waals surface area contributed by atoms with Crippen molar-refractivity contribution in [1.29, 1.82) is 0 Å². The molecule has 3 amide bonds. The Morgan fingerprint density at radius 3 is 2.58 bits per heavy atom. The Morgan fingerprint density at radius 1 is 1.26 bits per heavy atom. The standard InChI is InChI=1S/C14H25N3O2/c1-14(2,3)9-11-5-4-6-16(11)7-8-17-12(18)10-15-13(17)19/h11H,4-10H2,1-3H3,(H,15,19)/t11-/m0/s1. The molecule has 1 N–H and O–H groups in total. The molecule has 1 atom stereocenters. The zero-order valence-corrected chi connectivity index (χ0v) is 12.2. The summed E-state index contributed by atoms with van der Waals surface area (Å²) in [6.45, 7) is 9.36. The third-order valence-electron chi connectivity index (χ3n) is 3.89. The summed E-state index contributed by atoms with van der Waals surface area (Å²) in [6.07, 6.45) is 3.63. The Morgan fingerprint density at radius 2 is 2.00 bits per heavy atom. The SMILES string of the molecule is CC(C)(C)C[C@@H]1CCCN1CCN1C(=O)CNC1=O. The number of nitrogens with one attached hydrogen (secondary N) is 1. The normalized spacial score (nSPS) is 25.2. The average molecular weight is 267 g/mol. The quantitative estimate of drug-likeness (QED) is 0.784. The Bertz CT molecular complexity index is 346. The summed E-state index contributed by atoms with van der Waals surface area (Å²) < 4.78 is 0. The maximum absolute atomic E-state index is 11.5. The lowest BCUT2D eigenvalue weighted by Gasteiger charge is -2.31. The van der Waals surface area contributed by atoms with E-state index in [0.29, 0.717) is 18.0 Å². The highest BCUT2D eigenvalue weighted by Gasteiger charge is 2.32. The van der Waals surface area contributed by atoms with Gasteiger partial charge in [0.15, 0.2) is 0 Å². The molecule has 0 spiro atoms. The molecule has 2 aliphatic heterocycles. The molecule has 0 unspecified atom stereocenters. The van der Waals surface area contributed by atoms with Crippen LogP contribution in [0.1, 0.15) is 40.0 Å². The predicted octanol–water partition coefficient (Wildman–Crippen LogP) is 1.44. The van der Waals surface area contributed by atoms with Crippen molar-refractivity contribution in [3.8, 4) is 0 Å². The van der Waals surface area contributed by atoms with Crippen molar-refractivity contribution >= 4 is 11.9 Å². The molecular weight excluding hydrogens is 242 g/mol. The Hall–Kier alpha value is -1.10. The van der Waals surface area contributed by atoms with E-state index in [0.717, 1.165) is 13.1 Å². The third kappa shape index (κ3) is 3.69. The van der Waals surface area contributed by atoms with Crippen molar-refractivity contribution in [3.05, 3.63) is 0 Å². The molecular formula is C14H25N3O2. The van der Waals surface area contributed by atoms with Crippen molar-refractivity contribution in [2.75, 3.05) is 26.2 Å². The lowest BCUT2D eigenvalue weighted by Crippen LogP contribution is -2.41. The number of hydrogen-bond acceptors (Lipinski definition) is 3. The van der Waals surface area contributed by atoms with E-state index in [4.69, 9.17) is 0 Å². The number of imide groups is 1. The van der Waals surface area contributed by atoms with Gasteiger partial charge < -0.3 is 5.32 Å². The van der Waals surface area contributed by atoms with Crippen LogP contribution in [-0.4, -0.2) is 54.0 Å². The molecule has 0 aromatic rings. The number of likely N-dealkylation sites (tertiary alicyclic amines) is 1. The minimum atomic E-state index is -0.239. The molecule has 0 aromatic heterocycles. The maximum atomic E-state index is 11.5. The first-order valence-electron chi connectivity index (χ1n) is 7.19. The molecule has 2 heterocycles. The van der Waals surface area contributed by atoms with Crippen molar-refractivity contribution < 1.29 is 9.59 Å². The van der Waals surface area contributed by atoms with Crippen LogP contribution < -0.4 is 5.32 Å². The third-order valence-corrected chi connectivity index (χ3v) is 3.89. The molecule has 2 saturated heterocycles. The number of carbonyl (C=O) groups is 2. The highest BCUT2D eigenvalue weighted by Crippen LogP contribution is 2.29. The van der Waals surface area contributed by atoms with Gasteiger partial charge in [-0.25, -0.2) is 4.79 Å². The van der Waals surface area contributed by atoms with E-state index in [2.05, 4.69) is 31.0 Å². The summed E-state index contributed by atoms with van der Waals surface area (Å²) >= 11 is 0. The van der Waals surface area contributed by atoms with E-state index >= 15 is 0 Å². The van der Waals surface area contributed by atoms with Crippen molar-refractivity contribution in [1.82, 2.24) is 15.1 Å². The van der Waals surface area contributed by atoms with Gasteiger partial charge in [0.1, 0.15) is 0 Å². The maximum Gasteiger partial charge on any atom is 0.324 e. The van der Waals surface area contributed by atoms with Crippen LogP contribution in [0.25, 0.3) is 0 Å². The summed E-state index contributed by atoms with van der Waals surface area (Å²) in [5.41, 5.74) is 0.327. The van der Waals surface area contributed by atoms with Crippen LogP contribution in [0.5, 0.6) is 0 Å². The van der Waals surface area contributed by atoms with E-state index in [1.165, 1.54) is 24.2 Å². The van der Waals surface area contributed by atoms with Crippen LogP contribution in [0.2, 0.25) is 0 Å². The zero-order valence-electron chi connectivity index (χ0n) is 12.2. The van der Waals surface area contributed by atoms with Crippen LogP contribution >= 0.6 is 0 Å². The Kier molecular flexibility index (Phi) is 4.13. The summed E-state index contributed by atoms with van der Waals surface area (Å²) in [5.74, 6) is -0.100. The summed E-state index contributed by atoms with van der Waals surface area (Å²) in [7, 11) is 0. The molecule has 0 aromatic carbocycles. The Balaban J connectivity index is 1.84. The van der Waals surface area contributed by atoms with E-state index in [9.17, 15) is 9.59 Å². The molecule has 2 rings (SSSR count). The fourth-order valence-corrected chi connectivity index (χ4v) is 3.04. The van der Waals surface area contributed by atoms with Gasteiger partial charge in [0, 0.05) is 19.1 Å². The average Bonchev–Trinajstić information content (AvgIpc) is 2.83. The van der Waals surface area contributed by atoms with Crippen LogP contribution in [0.3, 0.4) is 0 Å². The van der Waals surface area contributed by atoms with Crippen molar-refractivity contribution in [2.24, 2.45) is 5.41 Å². The molecule has 108 valence electrons. The first-order chi connectivity index (χ1) is 8.87. The number of hydrogen-bond donors (Lipinski definition) is 1. The van der Waals surface area contributed by atoms with E-state index in [-0.39, 0.29) is 18.5 Å². The van der Waals surface area contributed by atoms with Crippen LogP contribution in [-0.2, 0) is 4.79 Å². The molecule has 0 aliphatic carbocycles. The van der Waals surface area contributed by atoms with E-state index < -0.39 is 0 Å². The Labute approximate surface area is 115 Å². The number of amides is 3. The molecule has 0 radical (unpaired) electrons. The summed E-state index contributed by atoms with van der Waals surface area (Å²) in [4.78, 5) is 26.8. The first-order valence-corrected chi connectivity index (χ1v) is 7.19. The zero-order chi connectivity index (χ0) is 14.0. The van der Waals surface area contributed by atoms with Crippen LogP contribution in [0.15, 0.2) is 0 Å². The highest BCUT2D eigenvalue weighted by molar-refractivity contribution is 6.01. The summed E-state index contributed by atoms with van der Waals surface area (Å²) in [6, 6.07) is 0.359. The lowest BCUT2D eigenvalue weighted by atomic mass is 9.87. The molecule has 2 aliphatic rings. The predicted molar refractivity (Wildman–Crippen MR) is 73.8 cm³/mol. The minimum Gasteiger partial charge on any atom is -0.329 e. The molecule has 0 saturated carbocycles. The van der Waals surface area contributed by atoms with Gasteiger partial charge in [0.05, 0.1) is 6.54 Å².